The molecule has 0 bridgehead atoms. The Morgan fingerprint density at radius 1 is 1.20 bits per heavy atom. The highest BCUT2D eigenvalue weighted by Gasteiger charge is 2.30. The van der Waals surface area contributed by atoms with Gasteiger partial charge >= 0.3 is 0 Å². The molecule has 0 amide bonds. The Hall–Kier alpha value is -1.09. The number of pyridine rings is 1. The second kappa shape index (κ2) is 6.57. The first-order valence-electron chi connectivity index (χ1n) is 8.26. The maximum Gasteiger partial charge on any atom is 0.133 e. The molecule has 0 saturated heterocycles. The molecule has 1 N–H and O–H groups in total. The zero-order chi connectivity index (χ0) is 13.8. The lowest BCUT2D eigenvalue weighted by Gasteiger charge is -2.26. The molecule has 0 unspecified atom stereocenters. The van der Waals surface area contributed by atoms with Crippen molar-refractivity contribution in [3.05, 3.63) is 23.9 Å². The minimum absolute atomic E-state index is 0.923. The van der Waals surface area contributed by atoms with Crippen LogP contribution < -0.4 is 10.2 Å². The summed E-state index contributed by atoms with van der Waals surface area (Å²) in [5.41, 5.74) is 1.36. The van der Waals surface area contributed by atoms with Crippen molar-refractivity contribution in [2.75, 3.05) is 24.5 Å². The Balaban J connectivity index is 1.69. The van der Waals surface area contributed by atoms with E-state index in [1.807, 2.05) is 6.20 Å². The summed E-state index contributed by atoms with van der Waals surface area (Å²) in [6.07, 6.45) is 8.79. The molecule has 3 rings (SSSR count). The zero-order valence-electron chi connectivity index (χ0n) is 12.6. The highest BCUT2D eigenvalue weighted by molar-refractivity contribution is 5.47. The summed E-state index contributed by atoms with van der Waals surface area (Å²) >= 11 is 0. The molecule has 0 atom stereocenters. The van der Waals surface area contributed by atoms with Crippen molar-refractivity contribution >= 4 is 5.82 Å². The van der Waals surface area contributed by atoms with Gasteiger partial charge in [0.2, 0.25) is 0 Å². The Morgan fingerprint density at radius 2 is 1.90 bits per heavy atom. The summed E-state index contributed by atoms with van der Waals surface area (Å²) in [5.74, 6) is 3.08. The number of anilines is 1. The lowest BCUT2D eigenvalue weighted by Crippen LogP contribution is -2.30. The fraction of sp³-hybridized carbons (Fsp3) is 0.706. The van der Waals surface area contributed by atoms with Crippen molar-refractivity contribution in [1.82, 2.24) is 10.3 Å². The van der Waals surface area contributed by atoms with Crippen molar-refractivity contribution in [3.8, 4) is 0 Å². The van der Waals surface area contributed by atoms with Gasteiger partial charge in [0.1, 0.15) is 5.82 Å². The van der Waals surface area contributed by atoms with Gasteiger partial charge in [-0.15, -0.1) is 0 Å². The maximum absolute atomic E-state index is 4.71. The third kappa shape index (κ3) is 3.95. The molecule has 1 aromatic rings. The minimum Gasteiger partial charge on any atom is -0.356 e. The van der Waals surface area contributed by atoms with Crippen LogP contribution in [0, 0.1) is 11.8 Å². The van der Waals surface area contributed by atoms with Gasteiger partial charge in [-0.1, -0.05) is 13.0 Å². The largest absolute Gasteiger partial charge is 0.356 e. The van der Waals surface area contributed by atoms with Crippen LogP contribution in [0.5, 0.6) is 0 Å². The predicted octanol–water partition coefficient (Wildman–Crippen LogP) is 3.21. The fourth-order valence-electron chi connectivity index (χ4n) is 2.72. The van der Waals surface area contributed by atoms with E-state index in [1.165, 1.54) is 56.6 Å². The number of hydrogen-bond acceptors (Lipinski definition) is 3. The molecule has 20 heavy (non-hydrogen) atoms. The molecular weight excluding hydrogens is 246 g/mol. The van der Waals surface area contributed by atoms with Gasteiger partial charge < -0.3 is 10.2 Å². The normalized spacial score (nSPS) is 18.2. The number of hydrogen-bond donors (Lipinski definition) is 1. The Kier molecular flexibility index (Phi) is 4.56. The number of nitrogens with zero attached hydrogens (tertiary/aromatic N) is 2. The topological polar surface area (TPSA) is 28.2 Å². The van der Waals surface area contributed by atoms with Gasteiger partial charge in [-0.2, -0.15) is 0 Å². The average molecular weight is 273 g/mol. The van der Waals surface area contributed by atoms with E-state index in [9.17, 15) is 0 Å². The van der Waals surface area contributed by atoms with E-state index < -0.39 is 0 Å². The molecular formula is C17H27N3. The lowest BCUT2D eigenvalue weighted by molar-refractivity contribution is 0.647. The second-order valence-corrected chi connectivity index (χ2v) is 6.45. The maximum atomic E-state index is 4.71. The number of rotatable bonds is 9. The van der Waals surface area contributed by atoms with Crippen LogP contribution in [0.2, 0.25) is 0 Å². The van der Waals surface area contributed by atoms with Crippen LogP contribution in [-0.4, -0.2) is 24.6 Å². The molecule has 0 radical (unpaired) electrons. The molecule has 3 heteroatoms. The highest BCUT2D eigenvalue weighted by atomic mass is 15.2. The van der Waals surface area contributed by atoms with Crippen LogP contribution in [0.1, 0.15) is 44.6 Å². The first-order valence-corrected chi connectivity index (χ1v) is 8.26. The van der Waals surface area contributed by atoms with Crippen LogP contribution in [0.4, 0.5) is 5.82 Å². The Bertz CT molecular complexity index is 410. The number of nitrogens with one attached hydrogen (secondary N) is 1. The molecule has 0 aliphatic heterocycles. The molecule has 2 fully saturated rings. The van der Waals surface area contributed by atoms with E-state index in [1.54, 1.807) is 0 Å². The highest BCUT2D eigenvalue weighted by Crippen LogP contribution is 2.35. The molecule has 0 aromatic carbocycles. The summed E-state index contributed by atoms with van der Waals surface area (Å²) < 4.78 is 0. The molecule has 110 valence electrons. The molecule has 1 aromatic heterocycles. The van der Waals surface area contributed by atoms with Crippen molar-refractivity contribution < 1.29 is 0 Å². The summed E-state index contributed by atoms with van der Waals surface area (Å²) in [6.45, 7) is 6.68. The van der Waals surface area contributed by atoms with Crippen LogP contribution in [0.3, 0.4) is 0 Å². The van der Waals surface area contributed by atoms with Gasteiger partial charge in [0.05, 0.1) is 0 Å². The van der Waals surface area contributed by atoms with Gasteiger partial charge in [0.25, 0.3) is 0 Å². The van der Waals surface area contributed by atoms with E-state index >= 15 is 0 Å². The fourth-order valence-corrected chi connectivity index (χ4v) is 2.72. The van der Waals surface area contributed by atoms with E-state index in [4.69, 9.17) is 4.98 Å². The first-order chi connectivity index (χ1) is 9.86. The Morgan fingerprint density at radius 3 is 2.50 bits per heavy atom. The predicted molar refractivity (Wildman–Crippen MR) is 83.9 cm³/mol. The number of aromatic nitrogens is 1. The summed E-state index contributed by atoms with van der Waals surface area (Å²) in [7, 11) is 0. The van der Waals surface area contributed by atoms with Crippen LogP contribution in [-0.2, 0) is 6.54 Å². The van der Waals surface area contributed by atoms with E-state index in [0.717, 1.165) is 24.9 Å². The zero-order valence-corrected chi connectivity index (χ0v) is 12.6. The quantitative estimate of drug-likeness (QED) is 0.700. The molecule has 1 heterocycles. The van der Waals surface area contributed by atoms with Gasteiger partial charge in [-0.3, -0.25) is 0 Å². The molecule has 2 aliphatic carbocycles. The van der Waals surface area contributed by atoms with E-state index in [0.29, 0.717) is 0 Å². The molecule has 3 nitrogen and oxygen atoms in total. The van der Waals surface area contributed by atoms with Crippen LogP contribution in [0.25, 0.3) is 0 Å². The summed E-state index contributed by atoms with van der Waals surface area (Å²) in [6, 6.07) is 4.30. The average Bonchev–Trinajstić information content (AvgIpc) is 3.34. The smallest absolute Gasteiger partial charge is 0.133 e. The van der Waals surface area contributed by atoms with Crippen molar-refractivity contribution in [3.63, 3.8) is 0 Å². The molecule has 2 saturated carbocycles. The SMILES string of the molecule is CCCNCc1cccnc1N(CC1CC1)CC1CC1. The summed E-state index contributed by atoms with van der Waals surface area (Å²) in [4.78, 5) is 7.27. The van der Waals surface area contributed by atoms with Gasteiger partial charge in [-0.25, -0.2) is 4.98 Å². The van der Waals surface area contributed by atoms with Gasteiger partial charge in [0, 0.05) is 31.4 Å². The van der Waals surface area contributed by atoms with Crippen molar-refractivity contribution in [2.45, 2.75) is 45.6 Å². The van der Waals surface area contributed by atoms with E-state index in [2.05, 4.69) is 29.3 Å². The monoisotopic (exact) mass is 273 g/mol. The van der Waals surface area contributed by atoms with E-state index in [-0.39, 0.29) is 0 Å². The van der Waals surface area contributed by atoms with Gasteiger partial charge in [-0.05, 0) is 56.6 Å². The van der Waals surface area contributed by atoms with Crippen molar-refractivity contribution in [2.24, 2.45) is 11.8 Å². The Labute approximate surface area is 122 Å². The summed E-state index contributed by atoms with van der Waals surface area (Å²) in [5, 5.41) is 3.52. The molecule has 2 aliphatic rings. The van der Waals surface area contributed by atoms with Gasteiger partial charge in [0.15, 0.2) is 0 Å². The van der Waals surface area contributed by atoms with Crippen LogP contribution >= 0.6 is 0 Å². The van der Waals surface area contributed by atoms with Crippen LogP contribution in [0.15, 0.2) is 18.3 Å². The molecule has 0 spiro atoms. The van der Waals surface area contributed by atoms with Crippen molar-refractivity contribution in [1.29, 1.82) is 0 Å². The lowest BCUT2D eigenvalue weighted by atomic mass is 10.2. The first kappa shape index (κ1) is 13.9. The minimum atomic E-state index is 0.923. The third-order valence-corrected chi connectivity index (χ3v) is 4.26. The second-order valence-electron chi connectivity index (χ2n) is 6.45. The third-order valence-electron chi connectivity index (χ3n) is 4.26. The standard InChI is InChI=1S/C17H27N3/c1-2-9-18-11-16-4-3-10-19-17(16)20(12-14-5-6-14)13-15-7-8-15/h3-4,10,14-15,18H,2,5-9,11-13H2,1H3.